The van der Waals surface area contributed by atoms with Crippen molar-refractivity contribution in [1.29, 1.82) is 0 Å². The van der Waals surface area contributed by atoms with Crippen LogP contribution in [-0.4, -0.2) is 29.0 Å². The van der Waals surface area contributed by atoms with Crippen molar-refractivity contribution >= 4 is 0 Å². The van der Waals surface area contributed by atoms with E-state index in [1.807, 2.05) is 38.1 Å². The summed E-state index contributed by atoms with van der Waals surface area (Å²) in [6.45, 7) is 3.70. The van der Waals surface area contributed by atoms with Crippen LogP contribution >= 0.6 is 0 Å². The summed E-state index contributed by atoms with van der Waals surface area (Å²) in [5.74, 6) is 0. The Hall–Kier alpha value is -0.940. The fourth-order valence-corrected chi connectivity index (χ4v) is 2.15. The fraction of sp³-hybridized carbons (Fsp3) is 0.571. The predicted molar refractivity (Wildman–Crippen MR) is 66.8 cm³/mol. The van der Waals surface area contributed by atoms with Gasteiger partial charge in [0.1, 0.15) is 17.8 Å². The molecule has 3 atom stereocenters. The maximum absolute atomic E-state index is 9.50. The first kappa shape index (κ1) is 13.5. The quantitative estimate of drug-likeness (QED) is 0.803. The molecule has 1 aliphatic heterocycles. The molecular formula is C14H20O4. The van der Waals surface area contributed by atoms with Crippen LogP contribution in [0.25, 0.3) is 0 Å². The van der Waals surface area contributed by atoms with E-state index in [9.17, 15) is 5.11 Å². The average molecular weight is 252 g/mol. The van der Waals surface area contributed by atoms with E-state index in [0.29, 0.717) is 6.42 Å². The van der Waals surface area contributed by atoms with E-state index in [2.05, 4.69) is 0 Å². The summed E-state index contributed by atoms with van der Waals surface area (Å²) in [6, 6.07) is 8.14. The van der Waals surface area contributed by atoms with Crippen molar-refractivity contribution in [2.45, 2.75) is 44.5 Å². The Kier molecular flexibility index (Phi) is 4.02. The zero-order valence-corrected chi connectivity index (χ0v) is 10.8. The first-order chi connectivity index (χ1) is 8.55. The Morgan fingerprint density at radius 2 is 2.06 bits per heavy atom. The zero-order chi connectivity index (χ0) is 13.2. The molecule has 1 fully saturated rings. The van der Waals surface area contributed by atoms with Gasteiger partial charge in [0.2, 0.25) is 0 Å². The van der Waals surface area contributed by atoms with Crippen molar-refractivity contribution in [3.8, 4) is 0 Å². The number of benzene rings is 1. The largest absolute Gasteiger partial charge is 0.394 e. The van der Waals surface area contributed by atoms with Gasteiger partial charge in [0.15, 0.2) is 0 Å². The number of aryl methyl sites for hydroxylation is 1. The average Bonchev–Trinajstić information content (AvgIpc) is 2.39. The van der Waals surface area contributed by atoms with Crippen molar-refractivity contribution < 1.29 is 20.0 Å². The van der Waals surface area contributed by atoms with Crippen LogP contribution in [0, 0.1) is 6.92 Å². The third kappa shape index (κ3) is 2.72. The molecule has 0 aromatic heterocycles. The molecule has 1 aromatic carbocycles. The van der Waals surface area contributed by atoms with E-state index < -0.39 is 17.8 Å². The van der Waals surface area contributed by atoms with Gasteiger partial charge in [-0.15, -0.1) is 0 Å². The Morgan fingerprint density at radius 1 is 1.39 bits per heavy atom. The summed E-state index contributed by atoms with van der Waals surface area (Å²) in [6.07, 6.45) is 0.0743. The fourth-order valence-electron chi connectivity index (χ4n) is 2.15. The first-order valence-corrected chi connectivity index (χ1v) is 6.26. The van der Waals surface area contributed by atoms with Gasteiger partial charge >= 0.3 is 0 Å². The minimum Gasteiger partial charge on any atom is -0.394 e. The summed E-state index contributed by atoms with van der Waals surface area (Å²) in [5, 5.41) is 18.4. The van der Waals surface area contributed by atoms with Crippen LogP contribution in [0.5, 0.6) is 0 Å². The zero-order valence-electron chi connectivity index (χ0n) is 10.8. The van der Waals surface area contributed by atoms with Crippen molar-refractivity contribution in [3.63, 3.8) is 0 Å². The van der Waals surface area contributed by atoms with Gasteiger partial charge in [-0.05, 0) is 32.3 Å². The molecule has 4 heteroatoms. The summed E-state index contributed by atoms with van der Waals surface area (Å²) in [5.41, 5.74) is 1.78. The Balaban J connectivity index is 2.05. The number of hydrogen-bond donors (Lipinski definition) is 2. The molecular weight excluding hydrogens is 232 g/mol. The molecule has 100 valence electrons. The molecule has 0 aliphatic carbocycles. The first-order valence-electron chi connectivity index (χ1n) is 6.26. The standard InChI is InChI=1S/C14H20O4/c1-10-3-5-11(6-4-10)14(2)8-7-13(17-18-14)12(16)9-15/h3-6,12-13,15-16H,7-9H2,1-2H3/t12-,13+,14-/m0/s1. The molecule has 0 bridgehead atoms. The van der Waals surface area contributed by atoms with Crippen LogP contribution in [0.2, 0.25) is 0 Å². The Labute approximate surface area is 107 Å². The lowest BCUT2D eigenvalue weighted by Crippen LogP contribution is -2.41. The van der Waals surface area contributed by atoms with Gasteiger partial charge in [-0.25, -0.2) is 9.78 Å². The van der Waals surface area contributed by atoms with Gasteiger partial charge in [-0.3, -0.25) is 0 Å². The molecule has 0 radical (unpaired) electrons. The van der Waals surface area contributed by atoms with Crippen LogP contribution < -0.4 is 0 Å². The maximum Gasteiger partial charge on any atom is 0.126 e. The van der Waals surface area contributed by atoms with Crippen LogP contribution in [0.3, 0.4) is 0 Å². The highest BCUT2D eigenvalue weighted by atomic mass is 17.2. The highest BCUT2D eigenvalue weighted by Gasteiger charge is 2.37. The van der Waals surface area contributed by atoms with Crippen molar-refractivity contribution in [1.82, 2.24) is 0 Å². The topological polar surface area (TPSA) is 58.9 Å². The molecule has 18 heavy (non-hydrogen) atoms. The van der Waals surface area contributed by atoms with Gasteiger partial charge in [-0.2, -0.15) is 0 Å². The smallest absolute Gasteiger partial charge is 0.126 e. The minimum absolute atomic E-state index is 0.310. The van der Waals surface area contributed by atoms with E-state index in [-0.39, 0.29) is 6.61 Å². The molecule has 2 N–H and O–H groups in total. The lowest BCUT2D eigenvalue weighted by atomic mass is 9.88. The Bertz CT molecular complexity index is 379. The highest BCUT2D eigenvalue weighted by Crippen LogP contribution is 2.36. The number of aliphatic hydroxyl groups is 2. The van der Waals surface area contributed by atoms with E-state index in [1.165, 1.54) is 5.56 Å². The second kappa shape index (κ2) is 5.36. The van der Waals surface area contributed by atoms with Crippen LogP contribution in [0.15, 0.2) is 24.3 Å². The van der Waals surface area contributed by atoms with Crippen molar-refractivity contribution in [2.24, 2.45) is 0 Å². The molecule has 1 saturated heterocycles. The van der Waals surface area contributed by atoms with Crippen LogP contribution in [0.4, 0.5) is 0 Å². The lowest BCUT2D eigenvalue weighted by Gasteiger charge is -2.37. The number of aliphatic hydroxyl groups excluding tert-OH is 2. The molecule has 0 saturated carbocycles. The van der Waals surface area contributed by atoms with Crippen molar-refractivity contribution in [3.05, 3.63) is 35.4 Å². The van der Waals surface area contributed by atoms with Crippen molar-refractivity contribution in [2.75, 3.05) is 6.61 Å². The molecule has 2 rings (SSSR count). The van der Waals surface area contributed by atoms with Crippen LogP contribution in [-0.2, 0) is 15.4 Å². The predicted octanol–water partition coefficient (Wildman–Crippen LogP) is 1.67. The molecule has 1 aromatic rings. The molecule has 1 aliphatic rings. The second-order valence-electron chi connectivity index (χ2n) is 5.10. The van der Waals surface area contributed by atoms with Gasteiger partial charge in [0, 0.05) is 0 Å². The van der Waals surface area contributed by atoms with E-state index in [1.54, 1.807) is 0 Å². The third-order valence-electron chi connectivity index (χ3n) is 3.54. The molecule has 0 unspecified atom stereocenters. The minimum atomic E-state index is -0.882. The molecule has 1 heterocycles. The van der Waals surface area contributed by atoms with Gasteiger partial charge in [0.25, 0.3) is 0 Å². The molecule has 0 amide bonds. The summed E-state index contributed by atoms with van der Waals surface area (Å²) >= 11 is 0. The van der Waals surface area contributed by atoms with Gasteiger partial charge in [0.05, 0.1) is 6.61 Å². The summed E-state index contributed by atoms with van der Waals surface area (Å²) in [4.78, 5) is 10.7. The van der Waals surface area contributed by atoms with E-state index in [0.717, 1.165) is 12.0 Å². The summed E-state index contributed by atoms with van der Waals surface area (Å²) < 4.78 is 0. The third-order valence-corrected chi connectivity index (χ3v) is 3.54. The normalized spacial score (nSPS) is 30.1. The molecule has 4 nitrogen and oxygen atoms in total. The van der Waals surface area contributed by atoms with Gasteiger partial charge in [-0.1, -0.05) is 29.8 Å². The lowest BCUT2D eigenvalue weighted by molar-refractivity contribution is -0.420. The summed E-state index contributed by atoms with van der Waals surface area (Å²) in [7, 11) is 0. The SMILES string of the molecule is Cc1ccc([C@]2(C)CC[C@H]([C@@H](O)CO)OO2)cc1. The van der Waals surface area contributed by atoms with Crippen LogP contribution in [0.1, 0.15) is 30.9 Å². The highest BCUT2D eigenvalue weighted by molar-refractivity contribution is 5.26. The monoisotopic (exact) mass is 252 g/mol. The van der Waals surface area contributed by atoms with Gasteiger partial charge < -0.3 is 10.2 Å². The molecule has 0 spiro atoms. The number of rotatable bonds is 3. The second-order valence-corrected chi connectivity index (χ2v) is 5.10. The maximum atomic E-state index is 9.50. The van der Waals surface area contributed by atoms with E-state index in [4.69, 9.17) is 14.9 Å². The Morgan fingerprint density at radius 3 is 2.56 bits per heavy atom. The van der Waals surface area contributed by atoms with E-state index >= 15 is 0 Å². The number of hydrogen-bond acceptors (Lipinski definition) is 4.